The molecule has 0 aliphatic carbocycles. The van der Waals surface area contributed by atoms with Crippen molar-refractivity contribution in [2.24, 2.45) is 0 Å². The molecule has 5 heteroatoms. The average Bonchev–Trinajstić information content (AvgIpc) is 2.38. The van der Waals surface area contributed by atoms with Gasteiger partial charge in [-0.15, -0.1) is 0 Å². The number of carbonyl (C=O) groups is 1. The lowest BCUT2D eigenvalue weighted by molar-refractivity contribution is 0.102. The fraction of sp³-hybridized carbons (Fsp3) is 0.0667. The van der Waals surface area contributed by atoms with Crippen molar-refractivity contribution < 1.29 is 4.79 Å². The van der Waals surface area contributed by atoms with Gasteiger partial charge in [-0.25, -0.2) is 0 Å². The number of nitrogen functional groups attached to an aromatic ring is 1. The molecule has 2 rings (SSSR count). The monoisotopic (exact) mass is 329 g/mol. The summed E-state index contributed by atoms with van der Waals surface area (Å²) < 4.78 is 0.782. The van der Waals surface area contributed by atoms with Crippen LogP contribution in [0.1, 0.15) is 21.5 Å². The van der Waals surface area contributed by atoms with E-state index in [1.165, 1.54) is 0 Å². The summed E-state index contributed by atoms with van der Waals surface area (Å²) in [4.78, 5) is 12.3. The largest absolute Gasteiger partial charge is 0.398 e. The van der Waals surface area contributed by atoms with Crippen molar-refractivity contribution in [3.8, 4) is 6.07 Å². The second-order valence-corrected chi connectivity index (χ2v) is 5.21. The number of aryl methyl sites for hydroxylation is 1. The molecule has 2 aromatic rings. The highest BCUT2D eigenvalue weighted by Gasteiger charge is 2.14. The van der Waals surface area contributed by atoms with E-state index in [0.717, 1.165) is 10.0 Å². The summed E-state index contributed by atoms with van der Waals surface area (Å²) in [6.07, 6.45) is 0. The molecule has 20 heavy (non-hydrogen) atoms. The molecule has 0 heterocycles. The smallest absolute Gasteiger partial charge is 0.258 e. The van der Waals surface area contributed by atoms with Crippen molar-refractivity contribution >= 4 is 33.2 Å². The van der Waals surface area contributed by atoms with Crippen LogP contribution in [0.3, 0.4) is 0 Å². The highest BCUT2D eigenvalue weighted by atomic mass is 79.9. The lowest BCUT2D eigenvalue weighted by Crippen LogP contribution is -2.16. The van der Waals surface area contributed by atoms with E-state index >= 15 is 0 Å². The number of nitrogens with two attached hydrogens (primary N) is 1. The summed E-state index contributed by atoms with van der Waals surface area (Å²) in [6, 6.07) is 12.4. The SMILES string of the molecule is Cc1cccc(N)c1C(=O)Nc1cc(Br)ccc1C#N. The van der Waals surface area contributed by atoms with Gasteiger partial charge < -0.3 is 11.1 Å². The minimum Gasteiger partial charge on any atom is -0.398 e. The molecule has 0 radical (unpaired) electrons. The Kier molecular flexibility index (Phi) is 4.06. The van der Waals surface area contributed by atoms with Crippen LogP contribution in [0.5, 0.6) is 0 Å². The van der Waals surface area contributed by atoms with Crippen LogP contribution in [-0.2, 0) is 0 Å². The summed E-state index contributed by atoms with van der Waals surface area (Å²) in [6.45, 7) is 1.82. The number of nitrogens with one attached hydrogen (secondary N) is 1. The lowest BCUT2D eigenvalue weighted by atomic mass is 10.1. The van der Waals surface area contributed by atoms with E-state index < -0.39 is 0 Å². The molecule has 0 aliphatic rings. The Morgan fingerprint density at radius 2 is 2.10 bits per heavy atom. The van der Waals surface area contributed by atoms with Gasteiger partial charge in [0.1, 0.15) is 6.07 Å². The first-order valence-electron chi connectivity index (χ1n) is 5.89. The molecule has 0 saturated carbocycles. The maximum atomic E-state index is 12.3. The van der Waals surface area contributed by atoms with Crippen LogP contribution in [0, 0.1) is 18.3 Å². The van der Waals surface area contributed by atoms with Crippen LogP contribution < -0.4 is 11.1 Å². The van der Waals surface area contributed by atoms with Gasteiger partial charge in [0.25, 0.3) is 5.91 Å². The Morgan fingerprint density at radius 3 is 2.75 bits per heavy atom. The zero-order chi connectivity index (χ0) is 14.7. The van der Waals surface area contributed by atoms with E-state index in [9.17, 15) is 4.79 Å². The number of rotatable bonds is 2. The molecule has 3 N–H and O–H groups in total. The van der Waals surface area contributed by atoms with E-state index in [2.05, 4.69) is 21.2 Å². The molecule has 0 aliphatic heterocycles. The van der Waals surface area contributed by atoms with Gasteiger partial charge in [-0.3, -0.25) is 4.79 Å². The molecule has 1 amide bonds. The van der Waals surface area contributed by atoms with Gasteiger partial charge in [0.2, 0.25) is 0 Å². The van der Waals surface area contributed by atoms with Gasteiger partial charge in [-0.1, -0.05) is 28.1 Å². The third-order valence-electron chi connectivity index (χ3n) is 2.88. The number of amides is 1. The topological polar surface area (TPSA) is 78.9 Å². The number of anilines is 2. The third kappa shape index (κ3) is 2.81. The van der Waals surface area contributed by atoms with Crippen molar-refractivity contribution in [2.75, 3.05) is 11.1 Å². The van der Waals surface area contributed by atoms with Crippen molar-refractivity contribution in [1.82, 2.24) is 0 Å². The van der Waals surface area contributed by atoms with Gasteiger partial charge in [-0.05, 0) is 36.8 Å². The second kappa shape index (κ2) is 5.76. The van der Waals surface area contributed by atoms with E-state index in [1.807, 2.05) is 19.1 Å². The Balaban J connectivity index is 2.38. The molecule has 0 spiro atoms. The molecule has 100 valence electrons. The molecular weight excluding hydrogens is 318 g/mol. The number of hydrogen-bond acceptors (Lipinski definition) is 3. The Morgan fingerprint density at radius 1 is 1.35 bits per heavy atom. The quantitative estimate of drug-likeness (QED) is 0.828. The highest BCUT2D eigenvalue weighted by molar-refractivity contribution is 9.10. The van der Waals surface area contributed by atoms with Crippen molar-refractivity contribution in [3.05, 3.63) is 57.6 Å². The molecular formula is C15H12BrN3O. The zero-order valence-electron chi connectivity index (χ0n) is 10.8. The number of halogens is 1. The molecule has 0 aromatic heterocycles. The fourth-order valence-corrected chi connectivity index (χ4v) is 2.26. The predicted octanol–water partition coefficient (Wildman–Crippen LogP) is 3.46. The van der Waals surface area contributed by atoms with Gasteiger partial charge in [-0.2, -0.15) is 5.26 Å². The number of nitrogens with zero attached hydrogens (tertiary/aromatic N) is 1. The maximum Gasteiger partial charge on any atom is 0.258 e. The van der Waals surface area contributed by atoms with E-state index in [1.54, 1.807) is 30.3 Å². The van der Waals surface area contributed by atoms with Crippen LogP contribution in [0.2, 0.25) is 0 Å². The normalized spacial score (nSPS) is 9.85. The third-order valence-corrected chi connectivity index (χ3v) is 3.38. The second-order valence-electron chi connectivity index (χ2n) is 4.29. The van der Waals surface area contributed by atoms with Crippen molar-refractivity contribution in [3.63, 3.8) is 0 Å². The van der Waals surface area contributed by atoms with Crippen molar-refractivity contribution in [2.45, 2.75) is 6.92 Å². The molecule has 2 aromatic carbocycles. The predicted molar refractivity (Wildman–Crippen MR) is 82.4 cm³/mol. The van der Waals surface area contributed by atoms with Crippen LogP contribution in [-0.4, -0.2) is 5.91 Å². The van der Waals surface area contributed by atoms with Crippen LogP contribution >= 0.6 is 15.9 Å². The minimum atomic E-state index is -0.324. The Bertz CT molecular complexity index is 699. The molecule has 0 bridgehead atoms. The standard InChI is InChI=1S/C15H12BrN3O/c1-9-3-2-4-12(18)14(9)15(20)19-13-7-11(16)6-5-10(13)8-17/h2-7H,18H2,1H3,(H,19,20). The van der Waals surface area contributed by atoms with Crippen molar-refractivity contribution in [1.29, 1.82) is 5.26 Å². The minimum absolute atomic E-state index is 0.324. The van der Waals surface area contributed by atoms with Gasteiger partial charge >= 0.3 is 0 Å². The van der Waals surface area contributed by atoms with E-state index in [0.29, 0.717) is 22.5 Å². The molecule has 0 saturated heterocycles. The van der Waals surface area contributed by atoms with E-state index in [-0.39, 0.29) is 5.91 Å². The Hall–Kier alpha value is -2.32. The molecule has 4 nitrogen and oxygen atoms in total. The molecule has 0 atom stereocenters. The Labute approximate surface area is 125 Å². The average molecular weight is 330 g/mol. The first kappa shape index (κ1) is 14.1. The molecule has 0 unspecified atom stereocenters. The number of nitriles is 1. The zero-order valence-corrected chi connectivity index (χ0v) is 12.4. The van der Waals surface area contributed by atoms with Gasteiger partial charge in [0.15, 0.2) is 0 Å². The number of carbonyl (C=O) groups excluding carboxylic acids is 1. The summed E-state index contributed by atoms with van der Waals surface area (Å²) >= 11 is 3.32. The fourth-order valence-electron chi connectivity index (χ4n) is 1.90. The number of benzene rings is 2. The molecule has 0 fully saturated rings. The van der Waals surface area contributed by atoms with Gasteiger partial charge in [0.05, 0.1) is 16.8 Å². The first-order valence-corrected chi connectivity index (χ1v) is 6.68. The maximum absolute atomic E-state index is 12.3. The highest BCUT2D eigenvalue weighted by Crippen LogP contribution is 2.23. The summed E-state index contributed by atoms with van der Waals surface area (Å²) in [5.41, 5.74) is 8.32. The van der Waals surface area contributed by atoms with Crippen LogP contribution in [0.4, 0.5) is 11.4 Å². The van der Waals surface area contributed by atoms with Crippen LogP contribution in [0.15, 0.2) is 40.9 Å². The summed E-state index contributed by atoms with van der Waals surface area (Å²) in [5, 5.41) is 11.8. The summed E-state index contributed by atoms with van der Waals surface area (Å²) in [7, 11) is 0. The summed E-state index contributed by atoms with van der Waals surface area (Å²) in [5.74, 6) is -0.324. The lowest BCUT2D eigenvalue weighted by Gasteiger charge is -2.11. The van der Waals surface area contributed by atoms with Gasteiger partial charge in [0, 0.05) is 10.2 Å². The van der Waals surface area contributed by atoms with Crippen LogP contribution in [0.25, 0.3) is 0 Å². The number of hydrogen-bond donors (Lipinski definition) is 2. The first-order chi connectivity index (χ1) is 9.52. The van der Waals surface area contributed by atoms with E-state index in [4.69, 9.17) is 11.0 Å².